The van der Waals surface area contributed by atoms with Gasteiger partial charge in [0.05, 0.1) is 6.04 Å². The maximum Gasteiger partial charge on any atom is 0.236 e. The summed E-state index contributed by atoms with van der Waals surface area (Å²) in [6.45, 7) is 2.58. The molecular formula is C10H17ClN2OS. The van der Waals surface area contributed by atoms with Crippen molar-refractivity contribution in [2.24, 2.45) is 5.73 Å². The van der Waals surface area contributed by atoms with Gasteiger partial charge in [0.15, 0.2) is 0 Å². The molecule has 0 fully saturated rings. The number of amides is 1. The molecule has 0 spiro atoms. The molecule has 1 amide bonds. The van der Waals surface area contributed by atoms with Gasteiger partial charge in [-0.1, -0.05) is 13.0 Å². The first-order chi connectivity index (χ1) is 6.74. The largest absolute Gasteiger partial charge is 0.354 e. The van der Waals surface area contributed by atoms with Crippen LogP contribution >= 0.6 is 23.7 Å². The van der Waals surface area contributed by atoms with E-state index in [0.29, 0.717) is 13.0 Å². The van der Waals surface area contributed by atoms with Gasteiger partial charge in [0.1, 0.15) is 0 Å². The van der Waals surface area contributed by atoms with Gasteiger partial charge in [0.2, 0.25) is 5.91 Å². The second-order valence-electron chi connectivity index (χ2n) is 3.14. The van der Waals surface area contributed by atoms with E-state index < -0.39 is 0 Å². The maximum absolute atomic E-state index is 11.3. The predicted molar refractivity (Wildman–Crippen MR) is 66.5 cm³/mol. The van der Waals surface area contributed by atoms with Crippen molar-refractivity contribution < 1.29 is 4.79 Å². The van der Waals surface area contributed by atoms with Crippen LogP contribution in [0.25, 0.3) is 0 Å². The minimum atomic E-state index is -0.363. The van der Waals surface area contributed by atoms with E-state index >= 15 is 0 Å². The van der Waals surface area contributed by atoms with Gasteiger partial charge in [-0.25, -0.2) is 0 Å². The van der Waals surface area contributed by atoms with Crippen LogP contribution in [0.5, 0.6) is 0 Å². The van der Waals surface area contributed by atoms with Crippen molar-refractivity contribution in [1.29, 1.82) is 0 Å². The quantitative estimate of drug-likeness (QED) is 0.831. The van der Waals surface area contributed by atoms with Crippen LogP contribution in [0.3, 0.4) is 0 Å². The van der Waals surface area contributed by atoms with Gasteiger partial charge < -0.3 is 11.1 Å². The summed E-state index contributed by atoms with van der Waals surface area (Å²) in [6, 6.07) is 3.72. The molecule has 5 heteroatoms. The lowest BCUT2D eigenvalue weighted by atomic mass is 10.2. The van der Waals surface area contributed by atoms with Crippen molar-refractivity contribution >= 4 is 29.7 Å². The predicted octanol–water partition coefficient (Wildman–Crippen LogP) is 1.57. The number of rotatable bonds is 5. The van der Waals surface area contributed by atoms with Crippen molar-refractivity contribution in [3.8, 4) is 0 Å². The Hall–Kier alpha value is -0.580. The van der Waals surface area contributed by atoms with Crippen LogP contribution in [0, 0.1) is 0 Å². The summed E-state index contributed by atoms with van der Waals surface area (Å²) in [6.07, 6.45) is 1.57. The van der Waals surface area contributed by atoms with Crippen molar-refractivity contribution in [2.75, 3.05) is 6.54 Å². The third-order valence-corrected chi connectivity index (χ3v) is 2.96. The van der Waals surface area contributed by atoms with Crippen LogP contribution in [-0.4, -0.2) is 18.5 Å². The fourth-order valence-corrected chi connectivity index (χ4v) is 1.79. The van der Waals surface area contributed by atoms with Crippen LogP contribution in [-0.2, 0) is 11.2 Å². The van der Waals surface area contributed by atoms with Crippen LogP contribution in [0.1, 0.15) is 18.2 Å². The molecule has 0 aromatic carbocycles. The highest BCUT2D eigenvalue weighted by molar-refractivity contribution is 7.09. The summed E-state index contributed by atoms with van der Waals surface area (Å²) in [4.78, 5) is 12.6. The van der Waals surface area contributed by atoms with Crippen molar-refractivity contribution in [3.63, 3.8) is 0 Å². The van der Waals surface area contributed by atoms with Gasteiger partial charge in [0, 0.05) is 11.4 Å². The second kappa shape index (κ2) is 7.68. The van der Waals surface area contributed by atoms with Gasteiger partial charge in [-0.2, -0.15) is 0 Å². The molecule has 0 bridgehead atoms. The minimum Gasteiger partial charge on any atom is -0.354 e. The first kappa shape index (κ1) is 14.4. The SMILES string of the molecule is CC[C@H](N)C(=O)NCCc1cccs1.Cl. The molecule has 0 saturated heterocycles. The van der Waals surface area contributed by atoms with E-state index in [0.717, 1.165) is 6.42 Å². The maximum atomic E-state index is 11.3. The van der Waals surface area contributed by atoms with E-state index in [2.05, 4.69) is 11.4 Å². The average molecular weight is 249 g/mol. The highest BCUT2D eigenvalue weighted by Crippen LogP contribution is 2.07. The smallest absolute Gasteiger partial charge is 0.236 e. The van der Waals surface area contributed by atoms with E-state index in [-0.39, 0.29) is 24.4 Å². The molecule has 1 heterocycles. The highest BCUT2D eigenvalue weighted by atomic mass is 35.5. The van der Waals surface area contributed by atoms with Crippen molar-refractivity contribution in [2.45, 2.75) is 25.8 Å². The molecule has 1 rings (SSSR count). The number of carbonyl (C=O) groups excluding carboxylic acids is 1. The summed E-state index contributed by atoms with van der Waals surface area (Å²) in [5.41, 5.74) is 5.57. The molecule has 3 N–H and O–H groups in total. The first-order valence-corrected chi connectivity index (χ1v) is 5.67. The number of hydrogen-bond acceptors (Lipinski definition) is 3. The summed E-state index contributed by atoms with van der Waals surface area (Å²) >= 11 is 1.71. The summed E-state index contributed by atoms with van der Waals surface area (Å²) in [7, 11) is 0. The normalized spacial score (nSPS) is 11.6. The molecule has 3 nitrogen and oxygen atoms in total. The van der Waals surface area contributed by atoms with Gasteiger partial charge in [-0.15, -0.1) is 23.7 Å². The first-order valence-electron chi connectivity index (χ1n) is 4.79. The minimum absolute atomic E-state index is 0. The monoisotopic (exact) mass is 248 g/mol. The van der Waals surface area contributed by atoms with E-state index in [1.165, 1.54) is 4.88 Å². The second-order valence-corrected chi connectivity index (χ2v) is 4.17. The Morgan fingerprint density at radius 2 is 2.40 bits per heavy atom. The molecule has 86 valence electrons. The average Bonchev–Trinajstić information content (AvgIpc) is 2.69. The van der Waals surface area contributed by atoms with E-state index in [9.17, 15) is 4.79 Å². The van der Waals surface area contributed by atoms with Crippen LogP contribution in [0.2, 0.25) is 0 Å². The van der Waals surface area contributed by atoms with Crippen LogP contribution < -0.4 is 11.1 Å². The lowest BCUT2D eigenvalue weighted by molar-refractivity contribution is -0.122. The molecule has 0 unspecified atom stereocenters. The summed E-state index contributed by atoms with van der Waals surface area (Å²) in [5.74, 6) is -0.0518. The van der Waals surface area contributed by atoms with E-state index in [1.807, 2.05) is 18.4 Å². The van der Waals surface area contributed by atoms with E-state index in [4.69, 9.17) is 5.73 Å². The van der Waals surface area contributed by atoms with Crippen molar-refractivity contribution in [1.82, 2.24) is 5.32 Å². The van der Waals surface area contributed by atoms with Gasteiger partial charge in [0.25, 0.3) is 0 Å². The number of nitrogens with two attached hydrogens (primary N) is 1. The molecule has 1 atom stereocenters. The molecule has 0 aliphatic carbocycles. The Morgan fingerprint density at radius 1 is 1.67 bits per heavy atom. The Kier molecular flexibility index (Phi) is 7.38. The van der Waals surface area contributed by atoms with Gasteiger partial charge in [-0.05, 0) is 24.3 Å². The third-order valence-electron chi connectivity index (χ3n) is 2.03. The standard InChI is InChI=1S/C10H16N2OS.ClH/c1-2-9(11)10(13)12-6-5-8-4-3-7-14-8;/h3-4,7,9H,2,5-6,11H2,1H3,(H,12,13);1H/t9-;/m0./s1. The van der Waals surface area contributed by atoms with Gasteiger partial charge in [-0.3, -0.25) is 4.79 Å². The molecular weight excluding hydrogens is 232 g/mol. The Bertz CT molecular complexity index is 277. The Labute approximate surface area is 100 Å². The number of hydrogen-bond donors (Lipinski definition) is 2. The van der Waals surface area contributed by atoms with E-state index in [1.54, 1.807) is 11.3 Å². The number of thiophene rings is 1. The highest BCUT2D eigenvalue weighted by Gasteiger charge is 2.09. The fraction of sp³-hybridized carbons (Fsp3) is 0.500. The zero-order chi connectivity index (χ0) is 10.4. The topological polar surface area (TPSA) is 55.1 Å². The van der Waals surface area contributed by atoms with Crippen molar-refractivity contribution in [3.05, 3.63) is 22.4 Å². The lowest BCUT2D eigenvalue weighted by Crippen LogP contribution is -2.40. The lowest BCUT2D eigenvalue weighted by Gasteiger charge is -2.08. The molecule has 0 saturated carbocycles. The van der Waals surface area contributed by atoms with Crippen LogP contribution in [0.15, 0.2) is 17.5 Å². The number of nitrogens with one attached hydrogen (secondary N) is 1. The zero-order valence-corrected chi connectivity index (χ0v) is 10.4. The number of carbonyl (C=O) groups is 1. The fourth-order valence-electron chi connectivity index (χ4n) is 1.08. The summed E-state index contributed by atoms with van der Waals surface area (Å²) in [5, 5.41) is 4.85. The molecule has 1 aromatic rings. The molecule has 0 radical (unpaired) electrons. The molecule has 1 aromatic heterocycles. The summed E-state index contributed by atoms with van der Waals surface area (Å²) < 4.78 is 0. The molecule has 0 aliphatic rings. The molecule has 15 heavy (non-hydrogen) atoms. The number of halogens is 1. The zero-order valence-electron chi connectivity index (χ0n) is 8.73. The molecule has 0 aliphatic heterocycles. The third kappa shape index (κ3) is 5.16. The Morgan fingerprint density at radius 3 is 2.93 bits per heavy atom. The Balaban J connectivity index is 0.00000196. The van der Waals surface area contributed by atoms with Gasteiger partial charge >= 0.3 is 0 Å². The van der Waals surface area contributed by atoms with Crippen LogP contribution in [0.4, 0.5) is 0 Å².